The number of carbonyl (C=O) groups excluding carboxylic acids is 1. The summed E-state index contributed by atoms with van der Waals surface area (Å²) in [7, 11) is 0. The SMILES string of the molecule is CCCCCN1C(=O)c2[nH]nc(-c3ccc(C)cc3)c2C1c1ccccc1Cl. The van der Waals surface area contributed by atoms with Crippen LogP contribution in [0.25, 0.3) is 11.3 Å². The second-order valence-corrected chi connectivity index (χ2v) is 7.76. The van der Waals surface area contributed by atoms with E-state index in [9.17, 15) is 4.79 Å². The second kappa shape index (κ2) is 7.80. The number of carbonyl (C=O) groups is 1. The largest absolute Gasteiger partial charge is 0.326 e. The van der Waals surface area contributed by atoms with Crippen LogP contribution in [0.3, 0.4) is 0 Å². The molecule has 4 rings (SSSR count). The molecule has 4 nitrogen and oxygen atoms in total. The number of unbranched alkanes of at least 4 members (excludes halogenated alkanes) is 2. The van der Waals surface area contributed by atoms with Crippen LogP contribution in [0.2, 0.25) is 5.02 Å². The molecule has 28 heavy (non-hydrogen) atoms. The van der Waals surface area contributed by atoms with Gasteiger partial charge in [-0.05, 0) is 25.0 Å². The molecule has 1 N–H and O–H groups in total. The Kier molecular flexibility index (Phi) is 5.23. The van der Waals surface area contributed by atoms with Crippen LogP contribution in [0.5, 0.6) is 0 Å². The Morgan fingerprint density at radius 1 is 1.11 bits per heavy atom. The van der Waals surface area contributed by atoms with E-state index in [1.54, 1.807) is 0 Å². The van der Waals surface area contributed by atoms with Crippen LogP contribution in [0.1, 0.15) is 59.4 Å². The zero-order chi connectivity index (χ0) is 19.7. The van der Waals surface area contributed by atoms with E-state index < -0.39 is 0 Å². The van der Waals surface area contributed by atoms with Gasteiger partial charge >= 0.3 is 0 Å². The maximum Gasteiger partial charge on any atom is 0.273 e. The summed E-state index contributed by atoms with van der Waals surface area (Å²) in [6.45, 7) is 4.93. The number of aromatic nitrogens is 2. The van der Waals surface area contributed by atoms with Crippen LogP contribution >= 0.6 is 11.6 Å². The van der Waals surface area contributed by atoms with Gasteiger partial charge in [-0.15, -0.1) is 0 Å². The number of nitrogens with one attached hydrogen (secondary N) is 1. The fraction of sp³-hybridized carbons (Fsp3) is 0.304. The summed E-state index contributed by atoms with van der Waals surface area (Å²) in [6.07, 6.45) is 3.18. The number of benzene rings is 2. The minimum Gasteiger partial charge on any atom is -0.326 e. The number of fused-ring (bicyclic) bond motifs is 1. The zero-order valence-electron chi connectivity index (χ0n) is 16.2. The first-order valence-corrected chi connectivity index (χ1v) is 10.2. The van der Waals surface area contributed by atoms with Crippen molar-refractivity contribution in [3.63, 3.8) is 0 Å². The first-order valence-electron chi connectivity index (χ1n) is 9.82. The zero-order valence-corrected chi connectivity index (χ0v) is 17.0. The maximum absolute atomic E-state index is 13.2. The molecule has 2 aromatic carbocycles. The summed E-state index contributed by atoms with van der Waals surface area (Å²) in [5.74, 6) is 0.00174. The van der Waals surface area contributed by atoms with E-state index >= 15 is 0 Å². The molecule has 0 radical (unpaired) electrons. The number of rotatable bonds is 6. The summed E-state index contributed by atoms with van der Waals surface area (Å²) < 4.78 is 0. The number of amides is 1. The lowest BCUT2D eigenvalue weighted by Gasteiger charge is -2.27. The summed E-state index contributed by atoms with van der Waals surface area (Å²) in [5.41, 5.74) is 5.48. The van der Waals surface area contributed by atoms with Gasteiger partial charge in [-0.1, -0.05) is 79.4 Å². The van der Waals surface area contributed by atoms with Crippen LogP contribution in [0.15, 0.2) is 48.5 Å². The van der Waals surface area contributed by atoms with Crippen LogP contribution < -0.4 is 0 Å². The van der Waals surface area contributed by atoms with E-state index in [4.69, 9.17) is 11.6 Å². The molecule has 0 saturated carbocycles. The quantitative estimate of drug-likeness (QED) is 0.540. The van der Waals surface area contributed by atoms with Gasteiger partial charge in [0.15, 0.2) is 0 Å². The lowest BCUT2D eigenvalue weighted by Crippen LogP contribution is -2.30. The van der Waals surface area contributed by atoms with E-state index in [2.05, 4.69) is 48.3 Å². The number of halogens is 1. The first-order chi connectivity index (χ1) is 13.6. The fourth-order valence-electron chi connectivity index (χ4n) is 3.91. The molecule has 144 valence electrons. The van der Waals surface area contributed by atoms with E-state index in [0.717, 1.165) is 41.6 Å². The molecule has 5 heteroatoms. The van der Waals surface area contributed by atoms with E-state index in [1.165, 1.54) is 5.56 Å². The molecular weight excluding hydrogens is 370 g/mol. The number of aromatic amines is 1. The normalized spacial score (nSPS) is 15.9. The van der Waals surface area contributed by atoms with Gasteiger partial charge in [-0.3, -0.25) is 9.89 Å². The van der Waals surface area contributed by atoms with Crippen molar-refractivity contribution < 1.29 is 4.79 Å². The second-order valence-electron chi connectivity index (χ2n) is 7.36. The van der Waals surface area contributed by atoms with Gasteiger partial charge in [-0.2, -0.15) is 5.10 Å². The molecule has 0 bridgehead atoms. The molecule has 3 aromatic rings. The highest BCUT2D eigenvalue weighted by Gasteiger charge is 2.42. The average Bonchev–Trinajstić information content (AvgIpc) is 3.23. The van der Waals surface area contributed by atoms with Crippen molar-refractivity contribution in [2.45, 2.75) is 39.2 Å². The first kappa shape index (κ1) is 18.8. The number of hydrogen-bond acceptors (Lipinski definition) is 2. The third-order valence-corrected chi connectivity index (χ3v) is 5.74. The van der Waals surface area contributed by atoms with Gasteiger partial charge in [0.2, 0.25) is 0 Å². The predicted molar refractivity (Wildman–Crippen MR) is 113 cm³/mol. The number of aryl methyl sites for hydroxylation is 1. The lowest BCUT2D eigenvalue weighted by molar-refractivity contribution is 0.0740. The standard InChI is InChI=1S/C23H24ClN3O/c1-3-4-7-14-27-22(17-8-5-6-9-18(17)24)19-20(25-26-21(19)23(27)28)16-12-10-15(2)11-13-16/h5-6,8-13,22H,3-4,7,14H2,1-2H3,(H,25,26). The Balaban J connectivity index is 1.83. The van der Waals surface area contributed by atoms with E-state index in [-0.39, 0.29) is 11.9 Å². The molecule has 0 saturated heterocycles. The van der Waals surface area contributed by atoms with Crippen molar-refractivity contribution in [3.8, 4) is 11.3 Å². The van der Waals surface area contributed by atoms with Crippen molar-refractivity contribution >= 4 is 17.5 Å². The highest BCUT2D eigenvalue weighted by atomic mass is 35.5. The number of H-pyrrole nitrogens is 1. The smallest absolute Gasteiger partial charge is 0.273 e. The topological polar surface area (TPSA) is 49.0 Å². The van der Waals surface area contributed by atoms with Crippen LogP contribution in [0, 0.1) is 6.92 Å². The molecule has 0 fully saturated rings. The van der Waals surface area contributed by atoms with Gasteiger partial charge in [0, 0.05) is 22.7 Å². The Hall–Kier alpha value is -2.59. The van der Waals surface area contributed by atoms with Crippen LogP contribution in [-0.2, 0) is 0 Å². The van der Waals surface area contributed by atoms with E-state index in [0.29, 0.717) is 17.3 Å². The third-order valence-electron chi connectivity index (χ3n) is 5.39. The van der Waals surface area contributed by atoms with Gasteiger partial charge in [-0.25, -0.2) is 0 Å². The summed E-state index contributed by atoms with van der Waals surface area (Å²) >= 11 is 6.56. The van der Waals surface area contributed by atoms with Crippen molar-refractivity contribution in [1.82, 2.24) is 15.1 Å². The highest BCUT2D eigenvalue weighted by Crippen LogP contribution is 2.44. The molecule has 1 atom stereocenters. The van der Waals surface area contributed by atoms with Gasteiger partial charge in [0.1, 0.15) is 5.69 Å². The molecule has 1 aromatic heterocycles. The van der Waals surface area contributed by atoms with Crippen molar-refractivity contribution in [2.75, 3.05) is 6.54 Å². The molecular formula is C23H24ClN3O. The lowest BCUT2D eigenvalue weighted by atomic mass is 9.95. The molecule has 2 heterocycles. The average molecular weight is 394 g/mol. The summed E-state index contributed by atoms with van der Waals surface area (Å²) in [4.78, 5) is 15.1. The van der Waals surface area contributed by atoms with Crippen molar-refractivity contribution in [3.05, 3.63) is 75.9 Å². The van der Waals surface area contributed by atoms with Crippen molar-refractivity contribution in [1.29, 1.82) is 0 Å². The van der Waals surface area contributed by atoms with Crippen LogP contribution in [-0.4, -0.2) is 27.5 Å². The van der Waals surface area contributed by atoms with Crippen molar-refractivity contribution in [2.24, 2.45) is 0 Å². The minimum absolute atomic E-state index is 0.00174. The monoisotopic (exact) mass is 393 g/mol. The van der Waals surface area contributed by atoms with E-state index in [1.807, 2.05) is 29.2 Å². The Bertz CT molecular complexity index is 993. The van der Waals surface area contributed by atoms with Gasteiger partial charge in [0.25, 0.3) is 5.91 Å². The summed E-state index contributed by atoms with van der Waals surface area (Å²) in [5, 5.41) is 8.18. The Morgan fingerprint density at radius 2 is 1.86 bits per heavy atom. The molecule has 1 aliphatic heterocycles. The van der Waals surface area contributed by atoms with Crippen LogP contribution in [0.4, 0.5) is 0 Å². The fourth-order valence-corrected chi connectivity index (χ4v) is 4.15. The maximum atomic E-state index is 13.2. The number of nitrogens with zero attached hydrogens (tertiary/aromatic N) is 2. The van der Waals surface area contributed by atoms with Gasteiger partial charge in [0.05, 0.1) is 11.7 Å². The highest BCUT2D eigenvalue weighted by molar-refractivity contribution is 6.31. The molecule has 0 aliphatic carbocycles. The Labute approximate surface area is 170 Å². The molecule has 1 aliphatic rings. The molecule has 1 amide bonds. The third kappa shape index (κ3) is 3.22. The molecule has 1 unspecified atom stereocenters. The minimum atomic E-state index is -0.219. The number of hydrogen-bond donors (Lipinski definition) is 1. The predicted octanol–water partition coefficient (Wildman–Crippen LogP) is 5.77. The summed E-state index contributed by atoms with van der Waals surface area (Å²) in [6, 6.07) is 15.8. The molecule has 0 spiro atoms. The van der Waals surface area contributed by atoms with Gasteiger partial charge < -0.3 is 4.90 Å². The Morgan fingerprint density at radius 3 is 2.57 bits per heavy atom.